The van der Waals surface area contributed by atoms with Gasteiger partial charge in [-0.05, 0) is 34.1 Å². The van der Waals surface area contributed by atoms with Crippen LogP contribution in [0.3, 0.4) is 0 Å². The molecule has 100 valence electrons. The lowest BCUT2D eigenvalue weighted by Gasteiger charge is -2.20. The Hall–Kier alpha value is -1.65. The third kappa shape index (κ3) is 4.69. The molecule has 1 rings (SSSR count). The van der Waals surface area contributed by atoms with Gasteiger partial charge in [0.25, 0.3) is 5.91 Å². The smallest absolute Gasteiger partial charge is 0.254 e. The Labute approximate surface area is 108 Å². The Morgan fingerprint density at radius 1 is 1.33 bits per heavy atom. The third-order valence-electron chi connectivity index (χ3n) is 2.39. The maximum atomic E-state index is 11.8. The van der Waals surface area contributed by atoms with Crippen molar-refractivity contribution in [1.29, 1.82) is 0 Å². The summed E-state index contributed by atoms with van der Waals surface area (Å²) in [5.41, 5.74) is 0.213. The van der Waals surface area contributed by atoms with Crippen LogP contribution in [0.1, 0.15) is 51.4 Å². The Morgan fingerprint density at radius 2 is 1.89 bits per heavy atom. The molecule has 1 atom stereocenters. The molecule has 0 fully saturated rings. The fourth-order valence-corrected chi connectivity index (χ4v) is 1.26. The first-order valence-corrected chi connectivity index (χ1v) is 6.23. The van der Waals surface area contributed by atoms with E-state index in [0.717, 1.165) is 6.42 Å². The molecule has 1 aromatic rings. The van der Waals surface area contributed by atoms with Crippen LogP contribution >= 0.6 is 0 Å². The first-order valence-electron chi connectivity index (χ1n) is 6.23. The van der Waals surface area contributed by atoms with Gasteiger partial charge in [-0.25, -0.2) is 9.97 Å². The SMILES string of the molecule is CCC(C)Nc1ncc(C(=O)NC(C)(C)C)cn1. The van der Waals surface area contributed by atoms with Gasteiger partial charge in [-0.3, -0.25) is 4.79 Å². The fourth-order valence-electron chi connectivity index (χ4n) is 1.26. The zero-order valence-electron chi connectivity index (χ0n) is 11.7. The second-order valence-electron chi connectivity index (χ2n) is 5.45. The molecule has 0 aliphatic rings. The van der Waals surface area contributed by atoms with E-state index in [9.17, 15) is 4.79 Å². The van der Waals surface area contributed by atoms with Crippen molar-refractivity contribution in [2.24, 2.45) is 0 Å². The van der Waals surface area contributed by atoms with Gasteiger partial charge in [-0.15, -0.1) is 0 Å². The standard InChI is InChI=1S/C13H22N4O/c1-6-9(2)16-12-14-7-10(8-15-12)11(18)17-13(3,4)5/h7-9H,6H2,1-5H3,(H,17,18)(H,14,15,16). The summed E-state index contributed by atoms with van der Waals surface area (Å²) in [4.78, 5) is 20.1. The highest BCUT2D eigenvalue weighted by Crippen LogP contribution is 2.06. The van der Waals surface area contributed by atoms with E-state index in [2.05, 4.69) is 34.4 Å². The predicted molar refractivity (Wildman–Crippen MR) is 72.6 cm³/mol. The number of carbonyl (C=O) groups is 1. The maximum absolute atomic E-state index is 11.8. The molecular formula is C13H22N4O. The van der Waals surface area contributed by atoms with Crippen molar-refractivity contribution in [1.82, 2.24) is 15.3 Å². The molecule has 1 heterocycles. The van der Waals surface area contributed by atoms with Crippen molar-refractivity contribution < 1.29 is 4.79 Å². The van der Waals surface area contributed by atoms with Crippen molar-refractivity contribution in [3.8, 4) is 0 Å². The van der Waals surface area contributed by atoms with Gasteiger partial charge in [-0.1, -0.05) is 6.92 Å². The van der Waals surface area contributed by atoms with Crippen LogP contribution in [0.2, 0.25) is 0 Å². The normalized spacial score (nSPS) is 12.9. The largest absolute Gasteiger partial charge is 0.352 e. The summed E-state index contributed by atoms with van der Waals surface area (Å²) < 4.78 is 0. The number of aromatic nitrogens is 2. The molecule has 1 aromatic heterocycles. The van der Waals surface area contributed by atoms with E-state index >= 15 is 0 Å². The molecule has 0 aliphatic heterocycles. The average Bonchev–Trinajstić information content (AvgIpc) is 2.27. The van der Waals surface area contributed by atoms with Crippen LogP contribution in [0.25, 0.3) is 0 Å². The van der Waals surface area contributed by atoms with Gasteiger partial charge in [0.05, 0.1) is 5.56 Å². The summed E-state index contributed by atoms with van der Waals surface area (Å²) in [6.07, 6.45) is 4.08. The van der Waals surface area contributed by atoms with Crippen LogP contribution in [-0.4, -0.2) is 27.5 Å². The first-order chi connectivity index (χ1) is 8.31. The van der Waals surface area contributed by atoms with Crippen LogP contribution in [0.4, 0.5) is 5.95 Å². The van der Waals surface area contributed by atoms with E-state index in [1.807, 2.05) is 20.8 Å². The van der Waals surface area contributed by atoms with E-state index in [1.54, 1.807) is 12.4 Å². The lowest BCUT2D eigenvalue weighted by molar-refractivity contribution is 0.0919. The molecular weight excluding hydrogens is 228 g/mol. The number of rotatable bonds is 4. The molecule has 0 radical (unpaired) electrons. The number of anilines is 1. The molecule has 1 amide bonds. The van der Waals surface area contributed by atoms with Crippen molar-refractivity contribution >= 4 is 11.9 Å². The third-order valence-corrected chi connectivity index (χ3v) is 2.39. The highest BCUT2D eigenvalue weighted by molar-refractivity contribution is 5.94. The van der Waals surface area contributed by atoms with Gasteiger partial charge in [0.1, 0.15) is 0 Å². The van der Waals surface area contributed by atoms with Crippen molar-refractivity contribution in [2.45, 2.75) is 52.6 Å². The monoisotopic (exact) mass is 250 g/mol. The van der Waals surface area contributed by atoms with Gasteiger partial charge in [0.2, 0.25) is 5.95 Å². The van der Waals surface area contributed by atoms with Crippen LogP contribution in [0.15, 0.2) is 12.4 Å². The summed E-state index contributed by atoms with van der Waals surface area (Å²) in [6.45, 7) is 9.95. The van der Waals surface area contributed by atoms with Crippen molar-refractivity contribution in [3.63, 3.8) is 0 Å². The number of carbonyl (C=O) groups excluding carboxylic acids is 1. The molecule has 1 unspecified atom stereocenters. The predicted octanol–water partition coefficient (Wildman–Crippen LogP) is 2.22. The van der Waals surface area contributed by atoms with Crippen molar-refractivity contribution in [3.05, 3.63) is 18.0 Å². The molecule has 5 heteroatoms. The van der Waals surface area contributed by atoms with Crippen molar-refractivity contribution in [2.75, 3.05) is 5.32 Å². The summed E-state index contributed by atoms with van der Waals surface area (Å²) >= 11 is 0. The number of nitrogens with one attached hydrogen (secondary N) is 2. The molecule has 0 spiro atoms. The Morgan fingerprint density at radius 3 is 2.33 bits per heavy atom. The summed E-state index contributed by atoms with van der Waals surface area (Å²) in [5.74, 6) is 0.397. The minimum Gasteiger partial charge on any atom is -0.352 e. The van der Waals surface area contributed by atoms with Gasteiger partial charge in [0.15, 0.2) is 0 Å². The molecule has 0 bridgehead atoms. The molecule has 18 heavy (non-hydrogen) atoms. The molecule has 0 saturated heterocycles. The van der Waals surface area contributed by atoms with Crippen LogP contribution in [0, 0.1) is 0 Å². The van der Waals surface area contributed by atoms with Crippen LogP contribution < -0.4 is 10.6 Å². The molecule has 5 nitrogen and oxygen atoms in total. The Balaban J connectivity index is 2.68. The summed E-state index contributed by atoms with van der Waals surface area (Å²) in [5, 5.41) is 6.02. The molecule has 0 saturated carbocycles. The minimum atomic E-state index is -0.259. The number of nitrogens with zero attached hydrogens (tertiary/aromatic N) is 2. The van der Waals surface area contributed by atoms with E-state index in [0.29, 0.717) is 17.6 Å². The van der Waals surface area contributed by atoms with Crippen LogP contribution in [0.5, 0.6) is 0 Å². The Kier molecular flexibility index (Phi) is 4.64. The van der Waals surface area contributed by atoms with Crippen LogP contribution in [-0.2, 0) is 0 Å². The number of hydrogen-bond acceptors (Lipinski definition) is 4. The van der Waals surface area contributed by atoms with E-state index in [1.165, 1.54) is 0 Å². The number of hydrogen-bond donors (Lipinski definition) is 2. The molecule has 0 aliphatic carbocycles. The topological polar surface area (TPSA) is 66.9 Å². The highest BCUT2D eigenvalue weighted by atomic mass is 16.1. The van der Waals surface area contributed by atoms with E-state index in [4.69, 9.17) is 0 Å². The fraction of sp³-hybridized carbons (Fsp3) is 0.615. The van der Waals surface area contributed by atoms with Gasteiger partial charge in [0, 0.05) is 24.0 Å². The lowest BCUT2D eigenvalue weighted by atomic mass is 10.1. The highest BCUT2D eigenvalue weighted by Gasteiger charge is 2.15. The van der Waals surface area contributed by atoms with Gasteiger partial charge in [-0.2, -0.15) is 0 Å². The number of amides is 1. The van der Waals surface area contributed by atoms with E-state index in [-0.39, 0.29) is 11.4 Å². The summed E-state index contributed by atoms with van der Waals surface area (Å²) in [6, 6.07) is 0.319. The maximum Gasteiger partial charge on any atom is 0.254 e. The average molecular weight is 250 g/mol. The quantitative estimate of drug-likeness (QED) is 0.859. The zero-order valence-corrected chi connectivity index (χ0v) is 11.7. The Bertz CT molecular complexity index is 394. The first kappa shape index (κ1) is 14.4. The molecule has 0 aromatic carbocycles. The second-order valence-corrected chi connectivity index (χ2v) is 5.45. The zero-order chi connectivity index (χ0) is 13.8. The molecule has 2 N–H and O–H groups in total. The second kappa shape index (κ2) is 5.80. The van der Waals surface area contributed by atoms with E-state index < -0.39 is 0 Å². The minimum absolute atomic E-state index is 0.155. The lowest BCUT2D eigenvalue weighted by Crippen LogP contribution is -2.40. The summed E-state index contributed by atoms with van der Waals surface area (Å²) in [7, 11) is 0. The van der Waals surface area contributed by atoms with Gasteiger partial charge >= 0.3 is 0 Å². The van der Waals surface area contributed by atoms with Gasteiger partial charge < -0.3 is 10.6 Å².